The van der Waals surface area contributed by atoms with Crippen LogP contribution in [0.1, 0.15) is 30.9 Å². The monoisotopic (exact) mass is 429 g/mol. The standard InChI is InChI=1S/C19H19BrF3NO2/c1-2-13-9-10-17(15(20)12-13)26-11-5-8-18(25)24-16-7-4-3-6-14(16)19(21,22)23/h3-4,6-7,9-10,12H,2,5,8,11H2,1H3,(H,24,25). The minimum atomic E-state index is -4.51. The molecule has 0 aliphatic carbocycles. The number of rotatable bonds is 7. The van der Waals surface area contributed by atoms with Crippen LogP contribution >= 0.6 is 15.9 Å². The summed E-state index contributed by atoms with van der Waals surface area (Å²) < 4.78 is 45.2. The molecule has 140 valence electrons. The lowest BCUT2D eigenvalue weighted by atomic mass is 10.1. The van der Waals surface area contributed by atoms with Gasteiger partial charge >= 0.3 is 6.18 Å². The molecule has 0 unspecified atom stereocenters. The molecule has 1 N–H and O–H groups in total. The summed E-state index contributed by atoms with van der Waals surface area (Å²) >= 11 is 3.43. The summed E-state index contributed by atoms with van der Waals surface area (Å²) in [6.45, 7) is 2.34. The molecule has 7 heteroatoms. The Bertz CT molecular complexity index is 763. The number of benzene rings is 2. The van der Waals surface area contributed by atoms with E-state index in [1.165, 1.54) is 23.8 Å². The van der Waals surface area contributed by atoms with Crippen molar-refractivity contribution in [1.82, 2.24) is 0 Å². The predicted molar refractivity (Wildman–Crippen MR) is 98.3 cm³/mol. The average molecular weight is 430 g/mol. The van der Waals surface area contributed by atoms with Crippen molar-refractivity contribution in [2.24, 2.45) is 0 Å². The Kier molecular flexibility index (Phi) is 7.08. The highest BCUT2D eigenvalue weighted by atomic mass is 79.9. The topological polar surface area (TPSA) is 38.3 Å². The second-order valence-electron chi connectivity index (χ2n) is 5.66. The van der Waals surface area contributed by atoms with Gasteiger partial charge in [0.1, 0.15) is 5.75 Å². The zero-order valence-electron chi connectivity index (χ0n) is 14.2. The van der Waals surface area contributed by atoms with Crippen molar-refractivity contribution in [3.8, 4) is 5.75 Å². The van der Waals surface area contributed by atoms with Gasteiger partial charge in [-0.25, -0.2) is 0 Å². The number of hydrogen-bond donors (Lipinski definition) is 1. The van der Waals surface area contributed by atoms with Gasteiger partial charge in [0, 0.05) is 6.42 Å². The van der Waals surface area contributed by atoms with Gasteiger partial charge in [0.15, 0.2) is 0 Å². The van der Waals surface area contributed by atoms with E-state index in [2.05, 4.69) is 28.2 Å². The SMILES string of the molecule is CCc1ccc(OCCCC(=O)Nc2ccccc2C(F)(F)F)c(Br)c1. The van der Waals surface area contributed by atoms with E-state index in [9.17, 15) is 18.0 Å². The summed E-state index contributed by atoms with van der Waals surface area (Å²) in [5.74, 6) is 0.190. The molecular formula is C19H19BrF3NO2. The van der Waals surface area contributed by atoms with Crippen molar-refractivity contribution in [2.45, 2.75) is 32.4 Å². The quantitative estimate of drug-likeness (QED) is 0.562. The molecule has 2 rings (SSSR count). The molecule has 2 aromatic rings. The number of ether oxygens (including phenoxy) is 1. The molecule has 0 fully saturated rings. The number of carbonyl (C=O) groups excluding carboxylic acids is 1. The molecule has 0 radical (unpaired) electrons. The minimum Gasteiger partial charge on any atom is -0.492 e. The van der Waals surface area contributed by atoms with E-state index in [-0.39, 0.29) is 12.1 Å². The second-order valence-corrected chi connectivity index (χ2v) is 6.52. The molecule has 0 bridgehead atoms. The van der Waals surface area contributed by atoms with Gasteiger partial charge in [-0.3, -0.25) is 4.79 Å². The fourth-order valence-electron chi connectivity index (χ4n) is 2.35. The maximum Gasteiger partial charge on any atom is 0.418 e. The first kappa shape index (κ1) is 20.3. The van der Waals surface area contributed by atoms with Crippen molar-refractivity contribution < 1.29 is 22.7 Å². The molecule has 0 aromatic heterocycles. The normalized spacial score (nSPS) is 11.3. The van der Waals surface area contributed by atoms with Crippen LogP contribution < -0.4 is 10.1 Å². The molecule has 0 aliphatic heterocycles. The maximum absolute atomic E-state index is 12.9. The zero-order valence-corrected chi connectivity index (χ0v) is 15.8. The highest BCUT2D eigenvalue weighted by Gasteiger charge is 2.33. The summed E-state index contributed by atoms with van der Waals surface area (Å²) in [7, 11) is 0. The Labute approximate surface area is 158 Å². The number of para-hydroxylation sites is 1. The summed E-state index contributed by atoms with van der Waals surface area (Å²) in [6, 6.07) is 10.7. The summed E-state index contributed by atoms with van der Waals surface area (Å²) in [4.78, 5) is 11.9. The Morgan fingerprint density at radius 2 is 1.92 bits per heavy atom. The van der Waals surface area contributed by atoms with Gasteiger partial charge in [0.25, 0.3) is 0 Å². The molecule has 0 spiro atoms. The van der Waals surface area contributed by atoms with E-state index in [0.29, 0.717) is 18.8 Å². The van der Waals surface area contributed by atoms with Gasteiger partial charge in [0.05, 0.1) is 22.3 Å². The zero-order chi connectivity index (χ0) is 19.2. The number of alkyl halides is 3. The first-order valence-electron chi connectivity index (χ1n) is 8.18. The number of hydrogen-bond acceptors (Lipinski definition) is 2. The van der Waals surface area contributed by atoms with E-state index < -0.39 is 17.6 Å². The number of aryl methyl sites for hydroxylation is 1. The maximum atomic E-state index is 12.9. The van der Waals surface area contributed by atoms with Crippen LogP contribution in [0.3, 0.4) is 0 Å². The predicted octanol–water partition coefficient (Wildman–Crippen LogP) is 5.83. The lowest BCUT2D eigenvalue weighted by molar-refractivity contribution is -0.137. The minimum absolute atomic E-state index is 0.0663. The van der Waals surface area contributed by atoms with Gasteiger partial charge < -0.3 is 10.1 Å². The molecule has 2 aromatic carbocycles. The van der Waals surface area contributed by atoms with Crippen molar-refractivity contribution in [3.63, 3.8) is 0 Å². The number of nitrogens with one attached hydrogen (secondary N) is 1. The van der Waals surface area contributed by atoms with Gasteiger partial charge in [-0.15, -0.1) is 0 Å². The molecule has 26 heavy (non-hydrogen) atoms. The van der Waals surface area contributed by atoms with Gasteiger partial charge in [-0.2, -0.15) is 13.2 Å². The number of carbonyl (C=O) groups is 1. The molecule has 3 nitrogen and oxygen atoms in total. The smallest absolute Gasteiger partial charge is 0.418 e. The number of anilines is 1. The lowest BCUT2D eigenvalue weighted by Crippen LogP contribution is -2.17. The van der Waals surface area contributed by atoms with Crippen LogP contribution in [0.15, 0.2) is 46.9 Å². The van der Waals surface area contributed by atoms with Gasteiger partial charge in [-0.05, 0) is 58.6 Å². The Morgan fingerprint density at radius 3 is 2.58 bits per heavy atom. The first-order valence-corrected chi connectivity index (χ1v) is 8.98. The van der Waals surface area contributed by atoms with Crippen LogP contribution in [-0.2, 0) is 17.4 Å². The van der Waals surface area contributed by atoms with Crippen molar-refractivity contribution in [3.05, 3.63) is 58.1 Å². The van der Waals surface area contributed by atoms with Crippen molar-refractivity contribution in [1.29, 1.82) is 0 Å². The summed E-state index contributed by atoms with van der Waals surface area (Å²) in [5.41, 5.74) is 0.0836. The Morgan fingerprint density at radius 1 is 1.19 bits per heavy atom. The number of amides is 1. The van der Waals surface area contributed by atoms with E-state index in [1.54, 1.807) is 0 Å². The highest BCUT2D eigenvalue weighted by Crippen LogP contribution is 2.34. The Hall–Kier alpha value is -2.02. The van der Waals surface area contributed by atoms with Crippen LogP contribution in [0.2, 0.25) is 0 Å². The van der Waals surface area contributed by atoms with E-state index in [4.69, 9.17) is 4.74 Å². The van der Waals surface area contributed by atoms with E-state index >= 15 is 0 Å². The lowest BCUT2D eigenvalue weighted by Gasteiger charge is -2.13. The second kappa shape index (κ2) is 9.07. The molecule has 0 saturated heterocycles. The third kappa shape index (κ3) is 5.76. The first-order chi connectivity index (χ1) is 12.3. The third-order valence-corrected chi connectivity index (χ3v) is 4.34. The van der Waals surface area contributed by atoms with Gasteiger partial charge in [-0.1, -0.05) is 25.1 Å². The fraction of sp³-hybridized carbons (Fsp3) is 0.316. The highest BCUT2D eigenvalue weighted by molar-refractivity contribution is 9.10. The van der Waals surface area contributed by atoms with E-state index in [0.717, 1.165) is 17.0 Å². The molecule has 0 atom stereocenters. The molecular weight excluding hydrogens is 411 g/mol. The number of halogens is 4. The van der Waals surface area contributed by atoms with Crippen LogP contribution in [-0.4, -0.2) is 12.5 Å². The fourth-order valence-corrected chi connectivity index (χ4v) is 2.89. The van der Waals surface area contributed by atoms with Crippen LogP contribution in [0, 0.1) is 0 Å². The summed E-state index contributed by atoms with van der Waals surface area (Å²) in [5, 5.41) is 2.32. The average Bonchev–Trinajstić information content (AvgIpc) is 2.59. The summed E-state index contributed by atoms with van der Waals surface area (Å²) in [6.07, 6.45) is -3.14. The Balaban J connectivity index is 1.83. The van der Waals surface area contributed by atoms with Crippen LogP contribution in [0.25, 0.3) is 0 Å². The van der Waals surface area contributed by atoms with Crippen molar-refractivity contribution in [2.75, 3.05) is 11.9 Å². The molecule has 0 heterocycles. The molecule has 0 saturated carbocycles. The molecule has 1 amide bonds. The van der Waals surface area contributed by atoms with Crippen LogP contribution in [0.4, 0.5) is 18.9 Å². The largest absolute Gasteiger partial charge is 0.492 e. The van der Waals surface area contributed by atoms with Crippen molar-refractivity contribution >= 4 is 27.5 Å². The van der Waals surface area contributed by atoms with Crippen LogP contribution in [0.5, 0.6) is 5.75 Å². The molecule has 0 aliphatic rings. The van der Waals surface area contributed by atoms with Gasteiger partial charge in [0.2, 0.25) is 5.91 Å². The third-order valence-electron chi connectivity index (χ3n) is 3.72. The van der Waals surface area contributed by atoms with E-state index in [1.807, 2.05) is 18.2 Å².